The summed E-state index contributed by atoms with van der Waals surface area (Å²) in [6, 6.07) is 6.70. The molecule has 1 atom stereocenters. The van der Waals surface area contributed by atoms with Crippen molar-refractivity contribution in [2.75, 3.05) is 26.7 Å². The van der Waals surface area contributed by atoms with Crippen molar-refractivity contribution in [3.8, 4) is 0 Å². The van der Waals surface area contributed by atoms with Gasteiger partial charge in [0.2, 0.25) is 0 Å². The summed E-state index contributed by atoms with van der Waals surface area (Å²) in [5.74, 6) is 0. The first-order chi connectivity index (χ1) is 7.65. The summed E-state index contributed by atoms with van der Waals surface area (Å²) in [5, 5.41) is 4.09. The van der Waals surface area contributed by atoms with Gasteiger partial charge >= 0.3 is 0 Å². The van der Waals surface area contributed by atoms with E-state index in [2.05, 4.69) is 49.3 Å². The standard InChI is InChI=1S/C13H20N2S/c1-10-4-5-12(11(2)8-10)16-13-9-15(3)7-6-14-13/h4-5,8,13-14H,6-7,9H2,1-3H3. The van der Waals surface area contributed by atoms with Crippen molar-refractivity contribution >= 4 is 11.8 Å². The van der Waals surface area contributed by atoms with Gasteiger partial charge in [-0.2, -0.15) is 0 Å². The van der Waals surface area contributed by atoms with Crippen molar-refractivity contribution in [3.05, 3.63) is 29.3 Å². The quantitative estimate of drug-likeness (QED) is 0.848. The second-order valence-corrected chi connectivity index (χ2v) is 5.84. The van der Waals surface area contributed by atoms with E-state index in [-0.39, 0.29) is 0 Å². The van der Waals surface area contributed by atoms with Gasteiger partial charge in [-0.05, 0) is 32.5 Å². The second-order valence-electron chi connectivity index (χ2n) is 4.59. The number of nitrogens with one attached hydrogen (secondary N) is 1. The average Bonchev–Trinajstić information content (AvgIpc) is 2.22. The lowest BCUT2D eigenvalue weighted by Gasteiger charge is -2.30. The number of thioether (sulfide) groups is 1. The molecule has 1 heterocycles. The van der Waals surface area contributed by atoms with Crippen LogP contribution in [0.4, 0.5) is 0 Å². The van der Waals surface area contributed by atoms with Crippen LogP contribution in [-0.4, -0.2) is 37.0 Å². The number of benzene rings is 1. The minimum absolute atomic E-state index is 0.528. The van der Waals surface area contributed by atoms with E-state index in [1.807, 2.05) is 11.8 Å². The zero-order valence-corrected chi connectivity index (χ0v) is 11.1. The lowest BCUT2D eigenvalue weighted by atomic mass is 10.2. The number of hydrogen-bond donors (Lipinski definition) is 1. The van der Waals surface area contributed by atoms with E-state index in [0.29, 0.717) is 5.37 Å². The predicted octanol–water partition coefficient (Wildman–Crippen LogP) is 2.26. The molecule has 0 aliphatic carbocycles. The summed E-state index contributed by atoms with van der Waals surface area (Å²) in [4.78, 5) is 3.79. The fourth-order valence-corrected chi connectivity index (χ4v) is 3.25. The zero-order valence-electron chi connectivity index (χ0n) is 10.3. The van der Waals surface area contributed by atoms with Gasteiger partial charge in [-0.15, -0.1) is 11.8 Å². The van der Waals surface area contributed by atoms with E-state index in [9.17, 15) is 0 Å². The predicted molar refractivity (Wildman–Crippen MR) is 71.1 cm³/mol. The smallest absolute Gasteiger partial charge is 0.0708 e. The molecule has 1 aromatic carbocycles. The van der Waals surface area contributed by atoms with Crippen LogP contribution in [-0.2, 0) is 0 Å². The maximum absolute atomic E-state index is 3.56. The second kappa shape index (κ2) is 5.21. The molecule has 88 valence electrons. The van der Waals surface area contributed by atoms with Crippen molar-refractivity contribution in [1.82, 2.24) is 10.2 Å². The van der Waals surface area contributed by atoms with Crippen molar-refractivity contribution in [2.24, 2.45) is 0 Å². The Morgan fingerprint density at radius 3 is 2.88 bits per heavy atom. The third-order valence-corrected chi connectivity index (χ3v) is 4.25. The van der Waals surface area contributed by atoms with Gasteiger partial charge < -0.3 is 10.2 Å². The maximum atomic E-state index is 3.56. The van der Waals surface area contributed by atoms with Crippen molar-refractivity contribution < 1.29 is 0 Å². The molecule has 1 aliphatic rings. The first-order valence-electron chi connectivity index (χ1n) is 5.81. The van der Waals surface area contributed by atoms with Crippen LogP contribution < -0.4 is 5.32 Å². The number of nitrogens with zero attached hydrogens (tertiary/aromatic N) is 1. The van der Waals surface area contributed by atoms with Gasteiger partial charge in [0, 0.05) is 24.5 Å². The Bertz CT molecular complexity index is 365. The fraction of sp³-hybridized carbons (Fsp3) is 0.538. The topological polar surface area (TPSA) is 15.3 Å². The molecule has 16 heavy (non-hydrogen) atoms. The fourth-order valence-electron chi connectivity index (χ4n) is 2.02. The van der Waals surface area contributed by atoms with Gasteiger partial charge in [-0.3, -0.25) is 0 Å². The molecular weight excluding hydrogens is 216 g/mol. The summed E-state index contributed by atoms with van der Waals surface area (Å²) in [6.07, 6.45) is 0. The molecule has 1 N–H and O–H groups in total. The zero-order chi connectivity index (χ0) is 11.5. The molecule has 1 fully saturated rings. The van der Waals surface area contributed by atoms with Crippen LogP contribution in [0.1, 0.15) is 11.1 Å². The Kier molecular flexibility index (Phi) is 3.90. The van der Waals surface area contributed by atoms with Gasteiger partial charge in [0.15, 0.2) is 0 Å². The summed E-state index contributed by atoms with van der Waals surface area (Å²) < 4.78 is 0. The van der Waals surface area contributed by atoms with Crippen LogP contribution in [0.2, 0.25) is 0 Å². The minimum atomic E-state index is 0.528. The first-order valence-corrected chi connectivity index (χ1v) is 6.69. The molecule has 0 radical (unpaired) electrons. The monoisotopic (exact) mass is 236 g/mol. The lowest BCUT2D eigenvalue weighted by molar-refractivity contribution is 0.278. The van der Waals surface area contributed by atoms with E-state index in [1.54, 1.807) is 0 Å². The van der Waals surface area contributed by atoms with Gasteiger partial charge in [-0.1, -0.05) is 17.7 Å². The molecule has 1 aromatic rings. The molecule has 1 unspecified atom stereocenters. The van der Waals surface area contributed by atoms with E-state index in [4.69, 9.17) is 0 Å². The van der Waals surface area contributed by atoms with Crippen LogP contribution >= 0.6 is 11.8 Å². The third-order valence-electron chi connectivity index (χ3n) is 2.94. The normalized spacial score (nSPS) is 22.3. The van der Waals surface area contributed by atoms with E-state index >= 15 is 0 Å². The Labute approximate surface area is 102 Å². The van der Waals surface area contributed by atoms with Crippen molar-refractivity contribution in [1.29, 1.82) is 0 Å². The SMILES string of the molecule is Cc1ccc(SC2CN(C)CCN2)c(C)c1. The van der Waals surface area contributed by atoms with E-state index in [0.717, 1.165) is 19.6 Å². The van der Waals surface area contributed by atoms with E-state index < -0.39 is 0 Å². The van der Waals surface area contributed by atoms with Gasteiger partial charge in [-0.25, -0.2) is 0 Å². The van der Waals surface area contributed by atoms with Crippen LogP contribution in [0.5, 0.6) is 0 Å². The average molecular weight is 236 g/mol. The molecule has 1 aliphatic heterocycles. The van der Waals surface area contributed by atoms with Crippen LogP contribution in [0.3, 0.4) is 0 Å². The van der Waals surface area contributed by atoms with Crippen molar-refractivity contribution in [3.63, 3.8) is 0 Å². The number of rotatable bonds is 2. The molecule has 0 spiro atoms. The molecule has 0 aromatic heterocycles. The lowest BCUT2D eigenvalue weighted by Crippen LogP contribution is -2.47. The van der Waals surface area contributed by atoms with Gasteiger partial charge in [0.25, 0.3) is 0 Å². The number of aryl methyl sites for hydroxylation is 2. The van der Waals surface area contributed by atoms with Gasteiger partial charge in [0.05, 0.1) is 5.37 Å². The largest absolute Gasteiger partial charge is 0.303 e. The molecule has 0 saturated carbocycles. The summed E-state index contributed by atoms with van der Waals surface area (Å²) in [6.45, 7) is 7.72. The minimum Gasteiger partial charge on any atom is -0.303 e. The summed E-state index contributed by atoms with van der Waals surface area (Å²) in [7, 11) is 2.19. The molecule has 0 amide bonds. The number of piperazine rings is 1. The van der Waals surface area contributed by atoms with Gasteiger partial charge in [0.1, 0.15) is 0 Å². The molecule has 2 nitrogen and oxygen atoms in total. The Balaban J connectivity index is 2.02. The van der Waals surface area contributed by atoms with Crippen LogP contribution in [0.25, 0.3) is 0 Å². The highest BCUT2D eigenvalue weighted by Crippen LogP contribution is 2.27. The maximum Gasteiger partial charge on any atom is 0.0708 e. The molecular formula is C13H20N2S. The van der Waals surface area contributed by atoms with Crippen LogP contribution in [0, 0.1) is 13.8 Å². The number of likely N-dealkylation sites (N-methyl/N-ethyl adjacent to an activating group) is 1. The Morgan fingerprint density at radius 1 is 1.38 bits per heavy atom. The molecule has 3 heteroatoms. The molecule has 0 bridgehead atoms. The summed E-state index contributed by atoms with van der Waals surface area (Å²) >= 11 is 1.95. The number of hydrogen-bond acceptors (Lipinski definition) is 3. The highest BCUT2D eigenvalue weighted by Gasteiger charge is 2.17. The highest BCUT2D eigenvalue weighted by atomic mass is 32.2. The highest BCUT2D eigenvalue weighted by molar-refractivity contribution is 8.00. The summed E-state index contributed by atoms with van der Waals surface area (Å²) in [5.41, 5.74) is 2.73. The van der Waals surface area contributed by atoms with Crippen molar-refractivity contribution in [2.45, 2.75) is 24.1 Å². The molecule has 1 saturated heterocycles. The van der Waals surface area contributed by atoms with Crippen LogP contribution in [0.15, 0.2) is 23.1 Å². The van der Waals surface area contributed by atoms with E-state index in [1.165, 1.54) is 16.0 Å². The Hall–Kier alpha value is -0.510. The Morgan fingerprint density at radius 2 is 2.19 bits per heavy atom. The molecule has 2 rings (SSSR count). The first kappa shape index (κ1) is 12.0. The third kappa shape index (κ3) is 3.00.